The van der Waals surface area contributed by atoms with E-state index in [2.05, 4.69) is 5.32 Å². The van der Waals surface area contributed by atoms with E-state index in [4.69, 9.17) is 17.3 Å². The van der Waals surface area contributed by atoms with E-state index in [1.165, 1.54) is 6.92 Å². The first-order chi connectivity index (χ1) is 16.6. The molecular formula is C25H24ClN4O5+. The Morgan fingerprint density at radius 3 is 2.43 bits per heavy atom. The predicted molar refractivity (Wildman–Crippen MR) is 127 cm³/mol. The van der Waals surface area contributed by atoms with Crippen LogP contribution in [0, 0.1) is 18.8 Å². The number of hydrogen-bond acceptors (Lipinski definition) is 5. The Labute approximate surface area is 206 Å². The third kappa shape index (κ3) is 3.22. The monoisotopic (exact) mass is 495 g/mol. The van der Waals surface area contributed by atoms with E-state index >= 15 is 0 Å². The molecular weight excluding hydrogens is 472 g/mol. The van der Waals surface area contributed by atoms with Gasteiger partial charge in [0.05, 0.1) is 11.4 Å². The van der Waals surface area contributed by atoms with Gasteiger partial charge in [-0.2, -0.15) is 0 Å². The van der Waals surface area contributed by atoms with Gasteiger partial charge < -0.3 is 16.4 Å². The van der Waals surface area contributed by atoms with Crippen LogP contribution in [0.1, 0.15) is 41.3 Å². The highest BCUT2D eigenvalue weighted by atomic mass is 35.5. The zero-order valence-electron chi connectivity index (χ0n) is 19.1. The molecule has 4 amide bonds. The number of anilines is 2. The average molecular weight is 496 g/mol. The number of halogens is 1. The Hall–Kier alpha value is -3.56. The summed E-state index contributed by atoms with van der Waals surface area (Å²) in [5.41, 5.74) is 6.59. The molecule has 2 fully saturated rings. The van der Waals surface area contributed by atoms with Crippen molar-refractivity contribution in [3.63, 3.8) is 0 Å². The topological polar surface area (TPSA) is 143 Å². The van der Waals surface area contributed by atoms with E-state index in [0.29, 0.717) is 33.1 Å². The number of benzene rings is 2. The standard InChI is InChI=1S/C25H23ClN4O5/c1-11-16(26)8-7-15-21(11)28-24(35)25(15)20-19(17(29-25)9-10-18(27)32)22(33)30(23(20)34)14-5-3-13(4-6-14)12(2)31/h3-8,17,19-20,29H,9-10H2,1-2H3,(H2,27,32)(H,28,35)/p+1/t17-,19-,20+,25+/m1/s1. The number of nitrogens with one attached hydrogen (secondary N) is 1. The van der Waals surface area contributed by atoms with Crippen molar-refractivity contribution in [3.05, 3.63) is 58.1 Å². The van der Waals surface area contributed by atoms with Gasteiger partial charge in [0.25, 0.3) is 5.91 Å². The van der Waals surface area contributed by atoms with Crippen LogP contribution in [-0.2, 0) is 24.7 Å². The predicted octanol–water partition coefficient (Wildman–Crippen LogP) is 1.02. The van der Waals surface area contributed by atoms with Gasteiger partial charge in [0.2, 0.25) is 23.3 Å². The van der Waals surface area contributed by atoms with Crippen molar-refractivity contribution in [2.24, 2.45) is 17.6 Å². The highest BCUT2D eigenvalue weighted by Crippen LogP contribution is 2.51. The molecule has 0 unspecified atom stereocenters. The SMILES string of the molecule is CC(=O)c1ccc(N2C(=O)[C@H]3[C@@H](C2=O)[C@]2([NH2+][C@@H]3CCC(N)=O)C(=O)Nc3c2ccc(Cl)c3C)cc1. The molecule has 3 heterocycles. The van der Waals surface area contributed by atoms with Crippen molar-refractivity contribution in [3.8, 4) is 0 Å². The lowest BCUT2D eigenvalue weighted by molar-refractivity contribution is -0.733. The van der Waals surface area contributed by atoms with Crippen LogP contribution in [0.5, 0.6) is 0 Å². The average Bonchev–Trinajstić information content (AvgIpc) is 3.40. The van der Waals surface area contributed by atoms with Gasteiger partial charge in [-0.25, -0.2) is 4.90 Å². The van der Waals surface area contributed by atoms with Crippen molar-refractivity contribution >= 4 is 52.4 Å². The van der Waals surface area contributed by atoms with E-state index in [9.17, 15) is 24.0 Å². The van der Waals surface area contributed by atoms with Gasteiger partial charge in [-0.1, -0.05) is 11.6 Å². The second kappa shape index (κ2) is 8.00. The molecule has 10 heteroatoms. The summed E-state index contributed by atoms with van der Waals surface area (Å²) < 4.78 is 0. The molecule has 2 saturated heterocycles. The molecule has 0 aliphatic carbocycles. The van der Waals surface area contributed by atoms with Gasteiger partial charge in [-0.15, -0.1) is 0 Å². The van der Waals surface area contributed by atoms with Gasteiger partial charge >= 0.3 is 0 Å². The van der Waals surface area contributed by atoms with E-state index in [1.54, 1.807) is 48.6 Å². The van der Waals surface area contributed by atoms with Crippen molar-refractivity contribution < 1.29 is 29.3 Å². The van der Waals surface area contributed by atoms with Crippen LogP contribution in [-0.4, -0.2) is 35.5 Å². The zero-order valence-corrected chi connectivity index (χ0v) is 19.9. The minimum absolute atomic E-state index is 0.0172. The van der Waals surface area contributed by atoms with Crippen LogP contribution in [0.25, 0.3) is 0 Å². The smallest absolute Gasteiger partial charge is 0.291 e. The third-order valence-electron chi connectivity index (χ3n) is 7.49. The normalized spacial score (nSPS) is 26.8. The number of quaternary nitrogens is 1. The molecule has 9 nitrogen and oxygen atoms in total. The zero-order chi connectivity index (χ0) is 25.2. The van der Waals surface area contributed by atoms with Crippen LogP contribution >= 0.6 is 11.6 Å². The van der Waals surface area contributed by atoms with Gasteiger partial charge in [0.1, 0.15) is 17.9 Å². The molecule has 1 spiro atoms. The molecule has 3 aliphatic rings. The first-order valence-electron chi connectivity index (χ1n) is 11.3. The quantitative estimate of drug-likeness (QED) is 0.419. The third-order valence-corrected chi connectivity index (χ3v) is 7.90. The summed E-state index contributed by atoms with van der Waals surface area (Å²) in [4.78, 5) is 65.5. The molecule has 5 N–H and O–H groups in total. The van der Waals surface area contributed by atoms with Crippen LogP contribution in [0.15, 0.2) is 36.4 Å². The molecule has 3 aliphatic heterocycles. The number of ketones is 1. The summed E-state index contributed by atoms with van der Waals surface area (Å²) in [5.74, 6) is -3.81. The molecule has 0 saturated carbocycles. The second-order valence-corrected chi connectivity index (χ2v) is 9.78. The largest absolute Gasteiger partial charge is 0.370 e. The lowest BCUT2D eigenvalue weighted by Gasteiger charge is -2.26. The summed E-state index contributed by atoms with van der Waals surface area (Å²) in [6.07, 6.45) is 0.257. The summed E-state index contributed by atoms with van der Waals surface area (Å²) >= 11 is 6.28. The Morgan fingerprint density at radius 1 is 1.11 bits per heavy atom. The summed E-state index contributed by atoms with van der Waals surface area (Å²) in [7, 11) is 0. The number of primary amides is 1. The molecule has 35 heavy (non-hydrogen) atoms. The fourth-order valence-electron chi connectivity index (χ4n) is 5.82. The lowest BCUT2D eigenvalue weighted by atomic mass is 9.76. The Morgan fingerprint density at radius 2 is 1.80 bits per heavy atom. The molecule has 4 atom stereocenters. The van der Waals surface area contributed by atoms with Crippen LogP contribution in [0.3, 0.4) is 0 Å². The molecule has 0 bridgehead atoms. The Bertz CT molecular complexity index is 1320. The maximum absolute atomic E-state index is 13.9. The van der Waals surface area contributed by atoms with Gasteiger partial charge in [0.15, 0.2) is 5.78 Å². The molecule has 180 valence electrons. The summed E-state index contributed by atoms with van der Waals surface area (Å²) in [5, 5.41) is 5.11. The number of fused-ring (bicyclic) bond motifs is 4. The molecule has 0 radical (unpaired) electrons. The van der Waals surface area contributed by atoms with Gasteiger partial charge in [-0.05, 0) is 55.8 Å². The summed E-state index contributed by atoms with van der Waals surface area (Å²) in [6, 6.07) is 9.09. The number of rotatable bonds is 5. The molecule has 2 aromatic carbocycles. The maximum Gasteiger partial charge on any atom is 0.291 e. The lowest BCUT2D eigenvalue weighted by Crippen LogP contribution is -2.99. The van der Waals surface area contributed by atoms with Crippen molar-refractivity contribution in [1.29, 1.82) is 0 Å². The Kier molecular flexibility index (Phi) is 5.30. The van der Waals surface area contributed by atoms with E-state index in [1.807, 2.05) is 0 Å². The highest BCUT2D eigenvalue weighted by Gasteiger charge is 2.74. The van der Waals surface area contributed by atoms with Crippen molar-refractivity contribution in [1.82, 2.24) is 0 Å². The van der Waals surface area contributed by atoms with Gasteiger partial charge in [0, 0.05) is 29.0 Å². The van der Waals surface area contributed by atoms with E-state index in [0.717, 1.165) is 4.90 Å². The molecule has 2 aromatic rings. The number of imide groups is 1. The fraction of sp³-hybridized carbons (Fsp3) is 0.320. The van der Waals surface area contributed by atoms with E-state index < -0.39 is 47.0 Å². The van der Waals surface area contributed by atoms with E-state index in [-0.39, 0.29) is 18.6 Å². The van der Waals surface area contributed by atoms with Crippen molar-refractivity contribution in [2.75, 3.05) is 10.2 Å². The number of amides is 4. The number of nitrogens with zero attached hydrogens (tertiary/aromatic N) is 1. The van der Waals surface area contributed by atoms with Crippen LogP contribution in [0.4, 0.5) is 11.4 Å². The fourth-order valence-corrected chi connectivity index (χ4v) is 5.98. The Balaban J connectivity index is 1.63. The minimum Gasteiger partial charge on any atom is -0.370 e. The second-order valence-electron chi connectivity index (χ2n) is 9.37. The number of hydrogen-bond donors (Lipinski definition) is 3. The number of carbonyl (C=O) groups is 5. The highest BCUT2D eigenvalue weighted by molar-refractivity contribution is 6.32. The van der Waals surface area contributed by atoms with Crippen LogP contribution in [0.2, 0.25) is 5.02 Å². The van der Waals surface area contributed by atoms with Crippen LogP contribution < -0.4 is 21.3 Å². The number of nitrogens with two attached hydrogens (primary N) is 2. The minimum atomic E-state index is -1.38. The molecule has 5 rings (SSSR count). The maximum atomic E-state index is 13.9. The molecule has 0 aromatic heterocycles. The number of carbonyl (C=O) groups excluding carboxylic acids is 5. The first kappa shape index (κ1) is 23.2. The van der Waals surface area contributed by atoms with Gasteiger partial charge in [-0.3, -0.25) is 24.0 Å². The summed E-state index contributed by atoms with van der Waals surface area (Å²) in [6.45, 7) is 3.21. The number of Topliss-reactive ketones (excluding diaryl/α,β-unsaturated/α-hetero) is 1. The van der Waals surface area contributed by atoms with Crippen molar-refractivity contribution in [2.45, 2.75) is 38.3 Å². The first-order valence-corrected chi connectivity index (χ1v) is 11.7.